The van der Waals surface area contributed by atoms with Crippen molar-refractivity contribution < 1.29 is 18.3 Å². The summed E-state index contributed by atoms with van der Waals surface area (Å²) in [6.07, 6.45) is -2.76. The van der Waals surface area contributed by atoms with E-state index >= 15 is 0 Å². The first-order valence-corrected chi connectivity index (χ1v) is 12.3. The van der Waals surface area contributed by atoms with Crippen LogP contribution in [0, 0.1) is 0 Å². The van der Waals surface area contributed by atoms with Crippen LogP contribution in [-0.4, -0.2) is 49.7 Å². The van der Waals surface area contributed by atoms with Gasteiger partial charge in [-0.3, -0.25) is 9.47 Å². The van der Waals surface area contributed by atoms with Crippen LogP contribution in [-0.2, 0) is 19.8 Å². The summed E-state index contributed by atoms with van der Waals surface area (Å²) >= 11 is 0. The number of anilines is 1. The van der Waals surface area contributed by atoms with Gasteiger partial charge < -0.3 is 10.0 Å². The Morgan fingerprint density at radius 3 is 2.28 bits per heavy atom. The van der Waals surface area contributed by atoms with Crippen LogP contribution in [0.1, 0.15) is 56.5 Å². The number of aliphatic hydroxyl groups is 1. The molecule has 0 saturated carbocycles. The molecule has 2 aromatic heterocycles. The molecule has 1 aromatic carbocycles. The summed E-state index contributed by atoms with van der Waals surface area (Å²) in [6, 6.07) is 8.90. The van der Waals surface area contributed by atoms with E-state index in [0.29, 0.717) is 35.6 Å². The van der Waals surface area contributed by atoms with Crippen LogP contribution in [0.4, 0.5) is 19.0 Å². The van der Waals surface area contributed by atoms with E-state index in [1.807, 2.05) is 6.92 Å². The number of aryl methyl sites for hydroxylation is 1. The number of piperazine rings is 1. The lowest BCUT2D eigenvalue weighted by Gasteiger charge is -2.49. The monoisotopic (exact) mass is 503 g/mol. The maximum absolute atomic E-state index is 13.0. The van der Waals surface area contributed by atoms with E-state index in [0.717, 1.165) is 30.5 Å². The van der Waals surface area contributed by atoms with Gasteiger partial charge in [-0.15, -0.1) is 0 Å². The van der Waals surface area contributed by atoms with Crippen molar-refractivity contribution in [1.29, 1.82) is 0 Å². The first-order valence-electron chi connectivity index (χ1n) is 12.3. The van der Waals surface area contributed by atoms with Gasteiger partial charge in [0.1, 0.15) is 5.52 Å². The number of nitrogens with zero attached hydrogens (tertiary/aromatic N) is 5. The van der Waals surface area contributed by atoms with Crippen molar-refractivity contribution >= 4 is 16.9 Å². The Bertz CT molecular complexity index is 1280. The first-order chi connectivity index (χ1) is 17.1. The lowest BCUT2D eigenvalue weighted by Crippen LogP contribution is -2.59. The summed E-state index contributed by atoms with van der Waals surface area (Å²) in [4.78, 5) is 26.2. The predicted molar refractivity (Wildman–Crippen MR) is 133 cm³/mol. The van der Waals surface area contributed by atoms with E-state index in [1.165, 1.54) is 4.57 Å². The number of aliphatic hydroxyl groups excluding tert-OH is 1. The van der Waals surface area contributed by atoms with E-state index < -0.39 is 11.7 Å². The van der Waals surface area contributed by atoms with Gasteiger partial charge in [0.05, 0.1) is 23.4 Å². The molecule has 0 aliphatic carbocycles. The molecule has 0 radical (unpaired) electrons. The van der Waals surface area contributed by atoms with E-state index in [-0.39, 0.29) is 30.4 Å². The second-order valence-corrected chi connectivity index (χ2v) is 9.37. The SMILES string of the molecule is CC[C@H]1CN(C(C)c2ccc(C(F)(F)F)cc2)[C@H](CC)CN1c1nc(=O)n(C)c2ccc(CO)nc12. The van der Waals surface area contributed by atoms with Crippen LogP contribution in [0.3, 0.4) is 0 Å². The third kappa shape index (κ3) is 4.84. The smallest absolute Gasteiger partial charge is 0.390 e. The van der Waals surface area contributed by atoms with E-state index in [2.05, 4.69) is 33.6 Å². The van der Waals surface area contributed by atoms with Crippen LogP contribution in [0.25, 0.3) is 11.0 Å². The molecule has 3 atom stereocenters. The number of aromatic nitrogens is 3. The number of hydrogen-bond acceptors (Lipinski definition) is 6. The highest BCUT2D eigenvalue weighted by Gasteiger charge is 2.37. The number of alkyl halides is 3. The number of fused-ring (bicyclic) bond motifs is 1. The summed E-state index contributed by atoms with van der Waals surface area (Å²) in [7, 11) is 1.65. The molecule has 0 spiro atoms. The highest BCUT2D eigenvalue weighted by molar-refractivity contribution is 5.86. The van der Waals surface area contributed by atoms with E-state index in [4.69, 9.17) is 0 Å². The van der Waals surface area contributed by atoms with Crippen LogP contribution >= 0.6 is 0 Å². The Labute approximate surface area is 208 Å². The van der Waals surface area contributed by atoms with Crippen molar-refractivity contribution in [2.24, 2.45) is 7.05 Å². The Hall–Kier alpha value is -2.98. The fourth-order valence-corrected chi connectivity index (χ4v) is 5.10. The lowest BCUT2D eigenvalue weighted by molar-refractivity contribution is -0.137. The number of halogens is 3. The molecule has 3 heterocycles. The van der Waals surface area contributed by atoms with Gasteiger partial charge in [0.2, 0.25) is 0 Å². The van der Waals surface area contributed by atoms with Gasteiger partial charge >= 0.3 is 11.9 Å². The quantitative estimate of drug-likeness (QED) is 0.541. The zero-order valence-corrected chi connectivity index (χ0v) is 21.0. The van der Waals surface area contributed by atoms with Crippen molar-refractivity contribution in [2.45, 2.75) is 64.5 Å². The third-order valence-electron chi connectivity index (χ3n) is 7.33. The summed E-state index contributed by atoms with van der Waals surface area (Å²) in [5.41, 5.74) is 1.52. The maximum atomic E-state index is 13.0. The normalized spacial score (nSPS) is 20.2. The zero-order chi connectivity index (χ0) is 26.2. The van der Waals surface area contributed by atoms with Crippen LogP contribution in [0.15, 0.2) is 41.2 Å². The van der Waals surface area contributed by atoms with Gasteiger partial charge in [0.15, 0.2) is 5.82 Å². The molecule has 1 N–H and O–H groups in total. The van der Waals surface area contributed by atoms with Crippen molar-refractivity contribution in [2.75, 3.05) is 18.0 Å². The molecule has 1 saturated heterocycles. The fraction of sp³-hybridized carbons (Fsp3) is 0.500. The molecule has 0 bridgehead atoms. The predicted octanol–water partition coefficient (Wildman–Crippen LogP) is 4.28. The highest BCUT2D eigenvalue weighted by atomic mass is 19.4. The number of pyridine rings is 1. The minimum absolute atomic E-state index is 0.0205. The van der Waals surface area contributed by atoms with Gasteiger partial charge in [-0.2, -0.15) is 18.2 Å². The highest BCUT2D eigenvalue weighted by Crippen LogP contribution is 2.35. The molecule has 36 heavy (non-hydrogen) atoms. The standard InChI is InChI=1S/C26H32F3N5O2/c1-5-20-14-34(24-23-22(32(4)25(36)31-24)12-11-19(15-35)30-23)21(6-2)13-33(20)16(3)17-7-9-18(10-8-17)26(27,28)29/h7-12,16,20-21,35H,5-6,13-15H2,1-4H3/t16?,20-,21+/m1/s1. The number of hydrogen-bond donors (Lipinski definition) is 1. The fourth-order valence-electron chi connectivity index (χ4n) is 5.10. The molecule has 1 aliphatic rings. The Morgan fingerprint density at radius 1 is 1.03 bits per heavy atom. The summed E-state index contributed by atoms with van der Waals surface area (Å²) in [5, 5.41) is 9.63. The molecule has 1 fully saturated rings. The third-order valence-corrected chi connectivity index (χ3v) is 7.33. The minimum Gasteiger partial charge on any atom is -0.390 e. The molecular weight excluding hydrogens is 471 g/mol. The second-order valence-electron chi connectivity index (χ2n) is 9.37. The molecule has 194 valence electrons. The van der Waals surface area contributed by atoms with E-state index in [9.17, 15) is 23.1 Å². The van der Waals surface area contributed by atoms with Gasteiger partial charge in [0.25, 0.3) is 0 Å². The Morgan fingerprint density at radius 2 is 1.69 bits per heavy atom. The summed E-state index contributed by atoms with van der Waals surface area (Å²) < 4.78 is 40.6. The van der Waals surface area contributed by atoms with Crippen LogP contribution in [0.5, 0.6) is 0 Å². The zero-order valence-electron chi connectivity index (χ0n) is 21.0. The molecule has 4 rings (SSSR count). The first kappa shape index (κ1) is 26.1. The van der Waals surface area contributed by atoms with Crippen molar-refractivity contribution in [3.8, 4) is 0 Å². The molecule has 0 amide bonds. The average molecular weight is 504 g/mol. The van der Waals surface area contributed by atoms with E-state index in [1.54, 1.807) is 31.3 Å². The van der Waals surface area contributed by atoms with Crippen molar-refractivity contribution in [3.05, 3.63) is 63.7 Å². The maximum Gasteiger partial charge on any atom is 0.416 e. The summed E-state index contributed by atoms with van der Waals surface area (Å²) in [6.45, 7) is 7.22. The van der Waals surface area contributed by atoms with Crippen LogP contribution < -0.4 is 10.6 Å². The lowest BCUT2D eigenvalue weighted by atomic mass is 9.96. The minimum atomic E-state index is -4.36. The number of benzene rings is 1. The molecular formula is C26H32F3N5O2. The van der Waals surface area contributed by atoms with Crippen LogP contribution in [0.2, 0.25) is 0 Å². The van der Waals surface area contributed by atoms with Gasteiger partial charge in [-0.05, 0) is 49.6 Å². The number of rotatable bonds is 6. The molecule has 3 aromatic rings. The molecule has 7 nitrogen and oxygen atoms in total. The van der Waals surface area contributed by atoms with Gasteiger partial charge in [0, 0.05) is 38.3 Å². The van der Waals surface area contributed by atoms with Gasteiger partial charge in [-0.1, -0.05) is 26.0 Å². The van der Waals surface area contributed by atoms with Crippen molar-refractivity contribution in [1.82, 2.24) is 19.4 Å². The van der Waals surface area contributed by atoms with Crippen molar-refractivity contribution in [3.63, 3.8) is 0 Å². The largest absolute Gasteiger partial charge is 0.416 e. The second kappa shape index (κ2) is 10.2. The molecule has 10 heteroatoms. The van der Waals surface area contributed by atoms with Gasteiger partial charge in [-0.25, -0.2) is 9.78 Å². The average Bonchev–Trinajstić information content (AvgIpc) is 2.88. The molecule has 1 unspecified atom stereocenters. The topological polar surface area (TPSA) is 74.5 Å². The summed E-state index contributed by atoms with van der Waals surface area (Å²) in [5.74, 6) is 0.510. The molecule has 1 aliphatic heterocycles. The Kier molecular flexibility index (Phi) is 7.38. The Balaban J connectivity index is 1.70.